The number of anilines is 1. The standard InChI is InChI=1S/C23H23ClF3N5O2/c1-22(2)12-29-13-31(22)11-16(33)9-19-21(34)32(15-5-3-14(4-6-15)23(25,26)27)20(30-19)17-7-8-28-10-18(17)24/h3-8,10,13,16,19,33H,9,11-12H2,1-2H3. The van der Waals surface area contributed by atoms with Gasteiger partial charge in [-0.2, -0.15) is 13.2 Å². The second-order valence-electron chi connectivity index (χ2n) is 8.85. The Morgan fingerprint density at radius 3 is 2.53 bits per heavy atom. The van der Waals surface area contributed by atoms with Gasteiger partial charge in [0.1, 0.15) is 11.9 Å². The van der Waals surface area contributed by atoms with Gasteiger partial charge in [-0.25, -0.2) is 0 Å². The number of halogens is 4. The number of hydrogen-bond acceptors (Lipinski definition) is 6. The molecule has 4 rings (SSSR count). The van der Waals surface area contributed by atoms with Crippen molar-refractivity contribution in [2.75, 3.05) is 18.0 Å². The molecular weight excluding hydrogens is 471 g/mol. The Balaban J connectivity index is 1.62. The van der Waals surface area contributed by atoms with Crippen molar-refractivity contribution in [2.24, 2.45) is 9.98 Å². The molecule has 11 heteroatoms. The lowest BCUT2D eigenvalue weighted by Crippen LogP contribution is -2.46. The first-order valence-electron chi connectivity index (χ1n) is 10.6. The number of β-amino-alcohol motifs (C(OH)–C–C–N with tert-alkyl or cyclic N) is 1. The third kappa shape index (κ3) is 4.78. The zero-order chi connectivity index (χ0) is 24.7. The van der Waals surface area contributed by atoms with Gasteiger partial charge in [0.15, 0.2) is 0 Å². The Morgan fingerprint density at radius 1 is 1.24 bits per heavy atom. The smallest absolute Gasteiger partial charge is 0.391 e. The molecule has 0 radical (unpaired) electrons. The molecular formula is C23H23ClF3N5O2. The summed E-state index contributed by atoms with van der Waals surface area (Å²) < 4.78 is 39.1. The molecule has 2 aliphatic heterocycles. The Labute approximate surface area is 199 Å². The van der Waals surface area contributed by atoms with E-state index in [4.69, 9.17) is 11.6 Å². The molecule has 0 aliphatic carbocycles. The minimum absolute atomic E-state index is 0.0303. The van der Waals surface area contributed by atoms with Crippen molar-refractivity contribution in [3.63, 3.8) is 0 Å². The first-order chi connectivity index (χ1) is 16.0. The largest absolute Gasteiger partial charge is 0.416 e. The van der Waals surface area contributed by atoms with Crippen LogP contribution in [0.1, 0.15) is 31.4 Å². The minimum Gasteiger partial charge on any atom is -0.391 e. The van der Waals surface area contributed by atoms with E-state index < -0.39 is 29.8 Å². The number of aliphatic imine (C=N–C) groups is 2. The summed E-state index contributed by atoms with van der Waals surface area (Å²) in [4.78, 5) is 29.2. The zero-order valence-corrected chi connectivity index (χ0v) is 19.3. The summed E-state index contributed by atoms with van der Waals surface area (Å²) >= 11 is 6.29. The number of rotatable bonds is 6. The van der Waals surface area contributed by atoms with Crippen molar-refractivity contribution >= 4 is 35.4 Å². The number of alkyl halides is 3. The molecule has 0 bridgehead atoms. The number of pyridine rings is 1. The van der Waals surface area contributed by atoms with Crippen LogP contribution in [0, 0.1) is 0 Å². The number of hydrogen-bond donors (Lipinski definition) is 1. The van der Waals surface area contributed by atoms with Crippen LogP contribution in [0.2, 0.25) is 5.02 Å². The molecule has 0 fully saturated rings. The fourth-order valence-electron chi connectivity index (χ4n) is 3.93. The number of carbonyl (C=O) groups excluding carboxylic acids is 1. The van der Waals surface area contributed by atoms with E-state index in [9.17, 15) is 23.1 Å². The Bertz CT molecular complexity index is 1130. The van der Waals surface area contributed by atoms with Crippen molar-refractivity contribution in [3.8, 4) is 0 Å². The van der Waals surface area contributed by atoms with Crippen LogP contribution in [0.4, 0.5) is 18.9 Å². The number of aliphatic hydroxyl groups is 1. The monoisotopic (exact) mass is 493 g/mol. The number of amides is 1. The lowest BCUT2D eigenvalue weighted by molar-refractivity contribution is -0.137. The lowest BCUT2D eigenvalue weighted by Gasteiger charge is -2.33. The molecule has 2 aliphatic rings. The summed E-state index contributed by atoms with van der Waals surface area (Å²) in [6.45, 7) is 4.87. The summed E-state index contributed by atoms with van der Waals surface area (Å²) in [5.41, 5.74) is -0.444. The molecule has 180 valence electrons. The molecule has 1 aromatic carbocycles. The molecule has 0 spiro atoms. The normalized spacial score (nSPS) is 20.7. The van der Waals surface area contributed by atoms with Crippen LogP contribution >= 0.6 is 11.6 Å². The Morgan fingerprint density at radius 2 is 1.94 bits per heavy atom. The molecule has 3 heterocycles. The van der Waals surface area contributed by atoms with Crippen LogP contribution in [0.25, 0.3) is 0 Å². The maximum absolute atomic E-state index is 13.4. The van der Waals surface area contributed by atoms with Gasteiger partial charge in [-0.1, -0.05) is 11.6 Å². The van der Waals surface area contributed by atoms with E-state index in [1.807, 2.05) is 18.7 Å². The van der Waals surface area contributed by atoms with Gasteiger partial charge in [0.25, 0.3) is 5.91 Å². The van der Waals surface area contributed by atoms with Crippen LogP contribution in [0.15, 0.2) is 52.7 Å². The highest BCUT2D eigenvalue weighted by Gasteiger charge is 2.39. The fourth-order valence-corrected chi connectivity index (χ4v) is 4.13. The Hall–Kier alpha value is -2.98. The van der Waals surface area contributed by atoms with Gasteiger partial charge < -0.3 is 10.0 Å². The topological polar surface area (TPSA) is 81.4 Å². The summed E-state index contributed by atoms with van der Waals surface area (Å²) in [7, 11) is 0. The van der Waals surface area contributed by atoms with E-state index in [0.29, 0.717) is 12.1 Å². The second kappa shape index (κ2) is 8.99. The molecule has 1 aromatic heterocycles. The highest BCUT2D eigenvalue weighted by molar-refractivity contribution is 6.37. The maximum Gasteiger partial charge on any atom is 0.416 e. The fraction of sp³-hybridized carbons (Fsp3) is 0.391. The highest BCUT2D eigenvalue weighted by atomic mass is 35.5. The van der Waals surface area contributed by atoms with E-state index >= 15 is 0 Å². The highest BCUT2D eigenvalue weighted by Crippen LogP contribution is 2.33. The maximum atomic E-state index is 13.4. The molecule has 34 heavy (non-hydrogen) atoms. The van der Waals surface area contributed by atoms with Gasteiger partial charge in [0.05, 0.1) is 40.8 Å². The number of amidine groups is 1. The Kier molecular flexibility index (Phi) is 6.39. The van der Waals surface area contributed by atoms with Crippen molar-refractivity contribution in [3.05, 3.63) is 58.9 Å². The van der Waals surface area contributed by atoms with Crippen molar-refractivity contribution in [2.45, 2.75) is 44.1 Å². The average Bonchev–Trinajstić information content (AvgIpc) is 3.26. The summed E-state index contributed by atoms with van der Waals surface area (Å²) in [5.74, 6) is -0.270. The van der Waals surface area contributed by atoms with Gasteiger partial charge in [-0.3, -0.25) is 24.7 Å². The van der Waals surface area contributed by atoms with E-state index in [0.717, 1.165) is 12.1 Å². The van der Waals surface area contributed by atoms with Crippen LogP contribution in [0.5, 0.6) is 0 Å². The van der Waals surface area contributed by atoms with Gasteiger partial charge in [0.2, 0.25) is 0 Å². The van der Waals surface area contributed by atoms with E-state index in [-0.39, 0.29) is 35.1 Å². The third-order valence-corrected chi connectivity index (χ3v) is 6.14. The number of nitrogens with zero attached hydrogens (tertiary/aromatic N) is 5. The quantitative estimate of drug-likeness (QED) is 0.664. The van der Waals surface area contributed by atoms with Crippen LogP contribution in [0.3, 0.4) is 0 Å². The van der Waals surface area contributed by atoms with E-state index in [1.54, 1.807) is 12.4 Å². The number of carbonyl (C=O) groups is 1. The first-order valence-corrected chi connectivity index (χ1v) is 11.0. The number of benzene rings is 1. The summed E-state index contributed by atoms with van der Waals surface area (Å²) in [6.07, 6.45) is -0.800. The molecule has 2 unspecified atom stereocenters. The van der Waals surface area contributed by atoms with Crippen LogP contribution in [-0.4, -0.2) is 63.8 Å². The average molecular weight is 494 g/mol. The van der Waals surface area contributed by atoms with Crippen molar-refractivity contribution in [1.29, 1.82) is 0 Å². The molecule has 1 N–H and O–H groups in total. The van der Waals surface area contributed by atoms with Gasteiger partial charge in [-0.15, -0.1) is 0 Å². The SMILES string of the molecule is CC1(C)CN=CN1CC(O)CC1N=C(c2ccncc2Cl)N(c2ccc(C(F)(F)F)cc2)C1=O. The van der Waals surface area contributed by atoms with Crippen molar-refractivity contribution in [1.82, 2.24) is 9.88 Å². The summed E-state index contributed by atoms with van der Waals surface area (Å²) in [6, 6.07) is 4.89. The molecule has 0 saturated heterocycles. The predicted octanol–water partition coefficient (Wildman–Crippen LogP) is 3.79. The van der Waals surface area contributed by atoms with E-state index in [1.165, 1.54) is 29.4 Å². The minimum atomic E-state index is -4.50. The number of aliphatic hydroxyl groups excluding tert-OH is 1. The molecule has 1 amide bonds. The van der Waals surface area contributed by atoms with Crippen molar-refractivity contribution < 1.29 is 23.1 Å². The predicted molar refractivity (Wildman–Crippen MR) is 123 cm³/mol. The third-order valence-electron chi connectivity index (χ3n) is 5.84. The van der Waals surface area contributed by atoms with Gasteiger partial charge in [0, 0.05) is 30.9 Å². The second-order valence-corrected chi connectivity index (χ2v) is 9.26. The molecule has 2 atom stereocenters. The summed E-state index contributed by atoms with van der Waals surface area (Å²) in [5, 5.41) is 10.9. The van der Waals surface area contributed by atoms with Crippen LogP contribution in [-0.2, 0) is 11.0 Å². The van der Waals surface area contributed by atoms with Crippen LogP contribution < -0.4 is 4.90 Å². The zero-order valence-electron chi connectivity index (χ0n) is 18.5. The first kappa shape index (κ1) is 24.2. The number of aromatic nitrogens is 1. The van der Waals surface area contributed by atoms with Gasteiger partial charge >= 0.3 is 6.18 Å². The van der Waals surface area contributed by atoms with Gasteiger partial charge in [-0.05, 0) is 44.2 Å². The molecule has 2 aromatic rings. The molecule has 0 saturated carbocycles. The lowest BCUT2D eigenvalue weighted by atomic mass is 10.0. The van der Waals surface area contributed by atoms with E-state index in [2.05, 4.69) is 15.0 Å². The molecule has 7 nitrogen and oxygen atoms in total.